The molecule has 0 saturated carbocycles. The summed E-state index contributed by atoms with van der Waals surface area (Å²) in [4.78, 5) is 11.3. The van der Waals surface area contributed by atoms with Crippen molar-refractivity contribution in [2.45, 2.75) is 117 Å². The summed E-state index contributed by atoms with van der Waals surface area (Å²) >= 11 is 0. The smallest absolute Gasteiger partial charge is 0.220 e. The molecule has 0 aromatic heterocycles. The molecule has 0 unspecified atom stereocenters. The van der Waals surface area contributed by atoms with Gasteiger partial charge in [-0.05, 0) is 12.8 Å². The lowest BCUT2D eigenvalue weighted by molar-refractivity contribution is -0.121. The molecule has 0 atom stereocenters. The van der Waals surface area contributed by atoms with Crippen LogP contribution in [0.25, 0.3) is 0 Å². The van der Waals surface area contributed by atoms with Gasteiger partial charge in [-0.25, -0.2) is 0 Å². The Kier molecular flexibility index (Phi) is 29.7. The first-order chi connectivity index (χ1) is 16.8. The van der Waals surface area contributed by atoms with Gasteiger partial charge < -0.3 is 24.3 Å². The van der Waals surface area contributed by atoms with Crippen LogP contribution in [-0.2, 0) is 23.7 Å². The van der Waals surface area contributed by atoms with Crippen LogP contribution in [0.5, 0.6) is 0 Å². The van der Waals surface area contributed by atoms with Gasteiger partial charge in [0, 0.05) is 19.6 Å². The Morgan fingerprint density at radius 1 is 0.471 bits per heavy atom. The summed E-state index contributed by atoms with van der Waals surface area (Å²) in [5.74, 6) is 0.0862. The first kappa shape index (κ1) is 33.3. The highest BCUT2D eigenvalue weighted by Gasteiger charge is 1.98. The fourth-order valence-electron chi connectivity index (χ4n) is 3.74. The number of nitrogens with one attached hydrogen (secondary N) is 1. The summed E-state index contributed by atoms with van der Waals surface area (Å²) in [6.07, 6.45) is 20.8. The number of ether oxygens (including phenoxy) is 4. The molecule has 34 heavy (non-hydrogen) atoms. The van der Waals surface area contributed by atoms with Gasteiger partial charge in [0.15, 0.2) is 0 Å². The molecule has 0 aliphatic heterocycles. The number of amides is 1. The molecule has 1 N–H and O–H groups in total. The number of carbonyl (C=O) groups excluding carboxylic acids is 1. The summed E-state index contributed by atoms with van der Waals surface area (Å²) in [7, 11) is 0. The second-order valence-corrected chi connectivity index (χ2v) is 9.15. The molecule has 6 heteroatoms. The molecule has 1 amide bonds. The van der Waals surface area contributed by atoms with Gasteiger partial charge in [0.1, 0.15) is 0 Å². The van der Waals surface area contributed by atoms with Crippen LogP contribution in [0.3, 0.4) is 0 Å². The predicted molar refractivity (Wildman–Crippen MR) is 142 cm³/mol. The Balaban J connectivity index is 3.03. The Hall–Kier alpha value is -0.690. The maximum atomic E-state index is 11.3. The minimum atomic E-state index is 0.0862. The number of carbonyl (C=O) groups is 1. The second kappa shape index (κ2) is 30.3. The van der Waals surface area contributed by atoms with Crippen molar-refractivity contribution < 1.29 is 23.7 Å². The first-order valence-corrected chi connectivity index (χ1v) is 14.4. The van der Waals surface area contributed by atoms with Crippen LogP contribution < -0.4 is 5.32 Å². The minimum absolute atomic E-state index is 0.0862. The third-order valence-corrected chi connectivity index (χ3v) is 5.80. The van der Waals surface area contributed by atoms with Crippen molar-refractivity contribution in [1.82, 2.24) is 5.32 Å². The fraction of sp³-hybridized carbons (Fsp3) is 0.964. The van der Waals surface area contributed by atoms with Crippen molar-refractivity contribution in [3.63, 3.8) is 0 Å². The molecule has 0 aromatic rings. The Bertz CT molecular complexity index is 395. The number of rotatable bonds is 29. The van der Waals surface area contributed by atoms with Gasteiger partial charge in [-0.1, -0.05) is 97.3 Å². The maximum Gasteiger partial charge on any atom is 0.220 e. The van der Waals surface area contributed by atoms with Crippen LogP contribution in [0.1, 0.15) is 117 Å². The summed E-state index contributed by atoms with van der Waals surface area (Å²) in [6.45, 7) is 9.69. The molecule has 0 aromatic carbocycles. The molecule has 0 radical (unpaired) electrons. The minimum Gasteiger partial charge on any atom is -0.379 e. The normalized spacial score (nSPS) is 11.2. The van der Waals surface area contributed by atoms with Crippen LogP contribution >= 0.6 is 0 Å². The molecule has 0 spiro atoms. The van der Waals surface area contributed by atoms with Gasteiger partial charge in [0.25, 0.3) is 0 Å². The maximum absolute atomic E-state index is 11.3. The molecule has 0 bridgehead atoms. The standard InChI is InChI=1S/C28H57NO5/c1-3-5-6-7-8-9-10-11-12-13-14-15-16-17-20-31-22-24-33-26-27-34-25-23-32-21-19-29-28(30)18-4-2/h3-27H2,1-2H3,(H,29,30). The van der Waals surface area contributed by atoms with E-state index in [1.165, 1.54) is 83.5 Å². The molecule has 0 saturated heterocycles. The molecule has 0 aliphatic carbocycles. The highest BCUT2D eigenvalue weighted by Crippen LogP contribution is 2.12. The quantitative estimate of drug-likeness (QED) is 0.123. The van der Waals surface area contributed by atoms with E-state index in [1.807, 2.05) is 6.92 Å². The van der Waals surface area contributed by atoms with E-state index in [2.05, 4.69) is 12.2 Å². The monoisotopic (exact) mass is 487 g/mol. The number of hydrogen-bond donors (Lipinski definition) is 1. The molecule has 6 nitrogen and oxygen atoms in total. The first-order valence-electron chi connectivity index (χ1n) is 14.4. The summed E-state index contributed by atoms with van der Waals surface area (Å²) in [5, 5.41) is 2.81. The van der Waals surface area contributed by atoms with Gasteiger partial charge >= 0.3 is 0 Å². The van der Waals surface area contributed by atoms with E-state index in [1.54, 1.807) is 0 Å². The molecule has 0 aliphatic rings. The molecule has 0 rings (SSSR count). The Labute approximate surface area is 211 Å². The topological polar surface area (TPSA) is 66.0 Å². The number of hydrogen-bond acceptors (Lipinski definition) is 5. The van der Waals surface area contributed by atoms with E-state index < -0.39 is 0 Å². The molecule has 0 heterocycles. The lowest BCUT2D eigenvalue weighted by Gasteiger charge is -2.08. The predicted octanol–water partition coefficient (Wildman–Crippen LogP) is 6.45. The Morgan fingerprint density at radius 3 is 1.29 bits per heavy atom. The van der Waals surface area contributed by atoms with E-state index in [0.717, 1.165) is 19.4 Å². The van der Waals surface area contributed by atoms with Crippen molar-refractivity contribution in [2.75, 3.05) is 59.4 Å². The lowest BCUT2D eigenvalue weighted by Crippen LogP contribution is -2.27. The average Bonchev–Trinajstić information content (AvgIpc) is 2.83. The van der Waals surface area contributed by atoms with Crippen LogP contribution in [0.2, 0.25) is 0 Å². The van der Waals surface area contributed by atoms with Crippen molar-refractivity contribution in [2.24, 2.45) is 0 Å². The highest BCUT2D eigenvalue weighted by atomic mass is 16.6. The van der Waals surface area contributed by atoms with Gasteiger partial charge in [-0.15, -0.1) is 0 Å². The fourth-order valence-corrected chi connectivity index (χ4v) is 3.74. The van der Waals surface area contributed by atoms with Gasteiger partial charge in [0.2, 0.25) is 5.91 Å². The molecular formula is C28H57NO5. The Morgan fingerprint density at radius 2 is 0.853 bits per heavy atom. The second-order valence-electron chi connectivity index (χ2n) is 9.15. The van der Waals surface area contributed by atoms with Gasteiger partial charge in [-0.2, -0.15) is 0 Å². The third kappa shape index (κ3) is 29.3. The van der Waals surface area contributed by atoms with Crippen LogP contribution in [0, 0.1) is 0 Å². The van der Waals surface area contributed by atoms with Crippen molar-refractivity contribution in [3.8, 4) is 0 Å². The summed E-state index contributed by atoms with van der Waals surface area (Å²) in [6, 6.07) is 0. The van der Waals surface area contributed by atoms with Gasteiger partial charge in [-0.3, -0.25) is 4.79 Å². The largest absolute Gasteiger partial charge is 0.379 e. The zero-order valence-electron chi connectivity index (χ0n) is 22.7. The van der Waals surface area contributed by atoms with Crippen molar-refractivity contribution >= 4 is 5.91 Å². The van der Waals surface area contributed by atoms with Crippen LogP contribution in [-0.4, -0.2) is 65.3 Å². The SMILES string of the molecule is CCCCCCCCCCCCCCCCOCCOCCOCCOCCNC(=O)CCC. The van der Waals surface area contributed by atoms with E-state index >= 15 is 0 Å². The third-order valence-electron chi connectivity index (χ3n) is 5.80. The van der Waals surface area contributed by atoms with E-state index in [0.29, 0.717) is 59.2 Å². The van der Waals surface area contributed by atoms with Crippen LogP contribution in [0.4, 0.5) is 0 Å². The zero-order chi connectivity index (χ0) is 24.8. The van der Waals surface area contributed by atoms with Gasteiger partial charge in [0.05, 0.1) is 46.2 Å². The van der Waals surface area contributed by atoms with E-state index in [4.69, 9.17) is 18.9 Å². The average molecular weight is 488 g/mol. The lowest BCUT2D eigenvalue weighted by atomic mass is 10.0. The highest BCUT2D eigenvalue weighted by molar-refractivity contribution is 5.75. The van der Waals surface area contributed by atoms with Crippen molar-refractivity contribution in [3.05, 3.63) is 0 Å². The van der Waals surface area contributed by atoms with Crippen LogP contribution in [0.15, 0.2) is 0 Å². The zero-order valence-corrected chi connectivity index (χ0v) is 22.7. The summed E-state index contributed by atoms with van der Waals surface area (Å²) < 4.78 is 22.0. The molecule has 204 valence electrons. The van der Waals surface area contributed by atoms with E-state index in [9.17, 15) is 4.79 Å². The molecular weight excluding hydrogens is 430 g/mol. The van der Waals surface area contributed by atoms with Crippen molar-refractivity contribution in [1.29, 1.82) is 0 Å². The molecule has 0 fully saturated rings. The van der Waals surface area contributed by atoms with E-state index in [-0.39, 0.29) is 5.91 Å². The summed E-state index contributed by atoms with van der Waals surface area (Å²) in [5.41, 5.74) is 0. The number of unbranched alkanes of at least 4 members (excludes halogenated alkanes) is 13.